The Morgan fingerprint density at radius 2 is 1.94 bits per heavy atom. The smallest absolute Gasteiger partial charge is 0.252 e. The highest BCUT2D eigenvalue weighted by Gasteiger charge is 2.29. The van der Waals surface area contributed by atoms with Crippen molar-refractivity contribution >= 4 is 28.1 Å². The molecule has 8 heteroatoms. The molecule has 36 heavy (non-hydrogen) atoms. The first-order chi connectivity index (χ1) is 17.6. The van der Waals surface area contributed by atoms with Crippen LogP contribution >= 0.6 is 11.3 Å². The fourth-order valence-electron chi connectivity index (χ4n) is 4.75. The molecule has 1 N–H and O–H groups in total. The summed E-state index contributed by atoms with van der Waals surface area (Å²) in [7, 11) is 0. The first kappa shape index (κ1) is 24.5. The van der Waals surface area contributed by atoms with Gasteiger partial charge in [0.2, 0.25) is 0 Å². The van der Waals surface area contributed by atoms with E-state index in [4.69, 9.17) is 4.74 Å². The molecule has 186 valence electrons. The molecule has 1 aliphatic rings. The molecular formula is C28H29FN4O2S. The predicted octanol–water partition coefficient (Wildman–Crippen LogP) is 5.29. The van der Waals surface area contributed by atoms with Crippen molar-refractivity contribution in [1.82, 2.24) is 20.2 Å². The maximum atomic E-state index is 13.2. The number of carbonyl (C=O) groups excluding carboxylic acids is 1. The number of fused-ring (bicyclic) bond motifs is 1. The Hall–Kier alpha value is -3.20. The molecule has 0 radical (unpaired) electrons. The minimum absolute atomic E-state index is 0.0487. The Bertz CT molecular complexity index is 1310. The van der Waals surface area contributed by atoms with Gasteiger partial charge in [-0.05, 0) is 55.7 Å². The van der Waals surface area contributed by atoms with Gasteiger partial charge in [0, 0.05) is 41.7 Å². The van der Waals surface area contributed by atoms with E-state index in [1.165, 1.54) is 17.0 Å². The fraction of sp³-hybridized carbons (Fsp3) is 0.321. The van der Waals surface area contributed by atoms with Gasteiger partial charge in [0.05, 0.1) is 35.5 Å². The molecule has 1 fully saturated rings. The second kappa shape index (κ2) is 11.2. The molecule has 0 saturated carbocycles. The Labute approximate surface area is 214 Å². The van der Waals surface area contributed by atoms with Crippen molar-refractivity contribution in [2.24, 2.45) is 0 Å². The van der Waals surface area contributed by atoms with E-state index in [0.717, 1.165) is 48.1 Å². The number of benzene rings is 2. The molecule has 1 aliphatic heterocycles. The van der Waals surface area contributed by atoms with Crippen LogP contribution in [0.25, 0.3) is 10.9 Å². The number of aromatic nitrogens is 2. The molecule has 5 rings (SSSR count). The van der Waals surface area contributed by atoms with Gasteiger partial charge < -0.3 is 10.1 Å². The van der Waals surface area contributed by atoms with Crippen LogP contribution in [0.15, 0.2) is 66.3 Å². The molecule has 1 atom stereocenters. The van der Waals surface area contributed by atoms with E-state index >= 15 is 0 Å². The van der Waals surface area contributed by atoms with Crippen molar-refractivity contribution in [3.8, 4) is 0 Å². The normalized spacial score (nSPS) is 15.7. The van der Waals surface area contributed by atoms with E-state index in [-0.39, 0.29) is 23.9 Å². The Morgan fingerprint density at radius 1 is 1.14 bits per heavy atom. The van der Waals surface area contributed by atoms with Crippen molar-refractivity contribution in [2.45, 2.75) is 38.5 Å². The predicted molar refractivity (Wildman–Crippen MR) is 139 cm³/mol. The largest absolute Gasteiger partial charge is 0.373 e. The van der Waals surface area contributed by atoms with Crippen molar-refractivity contribution in [1.29, 1.82) is 0 Å². The van der Waals surface area contributed by atoms with Crippen LogP contribution in [0.3, 0.4) is 0 Å². The van der Waals surface area contributed by atoms with Gasteiger partial charge >= 0.3 is 0 Å². The van der Waals surface area contributed by atoms with Gasteiger partial charge in [0.15, 0.2) is 0 Å². The minimum atomic E-state index is -0.235. The van der Waals surface area contributed by atoms with Crippen LogP contribution in [0.1, 0.15) is 45.4 Å². The van der Waals surface area contributed by atoms with Gasteiger partial charge in [-0.25, -0.2) is 9.37 Å². The maximum Gasteiger partial charge on any atom is 0.252 e. The van der Waals surface area contributed by atoms with Gasteiger partial charge in [-0.1, -0.05) is 24.3 Å². The summed E-state index contributed by atoms with van der Waals surface area (Å²) in [6, 6.07) is 15.9. The highest BCUT2D eigenvalue weighted by Crippen LogP contribution is 2.30. The van der Waals surface area contributed by atoms with Crippen LogP contribution in [0.5, 0.6) is 0 Å². The number of likely N-dealkylation sites (tertiary alicyclic amines) is 1. The summed E-state index contributed by atoms with van der Waals surface area (Å²) in [4.78, 5) is 25.6. The quantitative estimate of drug-likeness (QED) is 0.353. The van der Waals surface area contributed by atoms with E-state index in [2.05, 4.69) is 20.2 Å². The van der Waals surface area contributed by atoms with Gasteiger partial charge in [-0.15, -0.1) is 11.3 Å². The van der Waals surface area contributed by atoms with Crippen molar-refractivity contribution in [2.75, 3.05) is 19.6 Å². The lowest BCUT2D eigenvalue weighted by Gasteiger charge is -2.37. The molecule has 3 heterocycles. The zero-order chi connectivity index (χ0) is 24.9. The third-order valence-electron chi connectivity index (χ3n) is 6.75. The molecular weight excluding hydrogens is 475 g/mol. The molecule has 1 unspecified atom stereocenters. The number of hydrogen-bond donors (Lipinski definition) is 1. The van der Waals surface area contributed by atoms with E-state index < -0.39 is 0 Å². The average Bonchev–Trinajstić information content (AvgIpc) is 3.34. The second-order valence-electron chi connectivity index (χ2n) is 9.08. The zero-order valence-corrected chi connectivity index (χ0v) is 21.0. The van der Waals surface area contributed by atoms with E-state index in [0.29, 0.717) is 18.7 Å². The number of aryl methyl sites for hydroxylation is 1. The number of piperidine rings is 1. The van der Waals surface area contributed by atoms with Crippen LogP contribution in [-0.4, -0.2) is 46.5 Å². The highest BCUT2D eigenvalue weighted by molar-refractivity contribution is 7.09. The molecule has 2 aromatic carbocycles. The number of rotatable bonds is 8. The monoisotopic (exact) mass is 504 g/mol. The Kier molecular flexibility index (Phi) is 7.65. The third-order valence-corrected chi connectivity index (χ3v) is 7.78. The van der Waals surface area contributed by atoms with E-state index in [9.17, 15) is 9.18 Å². The summed E-state index contributed by atoms with van der Waals surface area (Å²) in [6.45, 7) is 4.74. The summed E-state index contributed by atoms with van der Waals surface area (Å²) >= 11 is 1.63. The number of hydrogen-bond acceptors (Lipinski definition) is 6. The fourth-order valence-corrected chi connectivity index (χ4v) is 5.69. The van der Waals surface area contributed by atoms with Crippen LogP contribution in [0.2, 0.25) is 0 Å². The van der Waals surface area contributed by atoms with E-state index in [1.807, 2.05) is 42.8 Å². The summed E-state index contributed by atoms with van der Waals surface area (Å²) in [5.74, 6) is -0.334. The van der Waals surface area contributed by atoms with Gasteiger partial charge in [0.1, 0.15) is 5.82 Å². The number of nitrogens with zero attached hydrogens (tertiary/aromatic N) is 3. The maximum absolute atomic E-state index is 13.2. The summed E-state index contributed by atoms with van der Waals surface area (Å²) in [6.07, 6.45) is 3.70. The van der Waals surface area contributed by atoms with Gasteiger partial charge in [-0.3, -0.25) is 14.7 Å². The average molecular weight is 505 g/mol. The Balaban J connectivity index is 1.23. The van der Waals surface area contributed by atoms with Crippen molar-refractivity contribution in [3.05, 3.63) is 93.8 Å². The van der Waals surface area contributed by atoms with Gasteiger partial charge in [0.25, 0.3) is 5.91 Å². The molecule has 0 spiro atoms. The van der Waals surface area contributed by atoms with Crippen LogP contribution < -0.4 is 5.32 Å². The topological polar surface area (TPSA) is 67.4 Å². The lowest BCUT2D eigenvalue weighted by molar-refractivity contribution is -0.0110. The summed E-state index contributed by atoms with van der Waals surface area (Å²) < 4.78 is 19.3. The molecule has 1 amide bonds. The summed E-state index contributed by atoms with van der Waals surface area (Å²) in [5.41, 5.74) is 5.29. The number of halogens is 1. The van der Waals surface area contributed by atoms with Crippen LogP contribution in [0, 0.1) is 12.7 Å². The Morgan fingerprint density at radius 3 is 2.69 bits per heavy atom. The lowest BCUT2D eigenvalue weighted by atomic mass is 10.0. The number of amides is 1. The molecule has 1 saturated heterocycles. The standard InChI is InChI=1S/C28H29FN4O2S/c1-19-27(36-18-32-19)26(16-31-28(34)24-4-2-6-25-23(24)5-3-13-30-25)33-14-11-22(12-15-33)35-17-20-7-9-21(29)10-8-20/h2-10,13,18,22,26H,11-12,14-17H2,1H3,(H,31,34). The highest BCUT2D eigenvalue weighted by atomic mass is 32.1. The number of carbonyl (C=O) groups is 1. The lowest BCUT2D eigenvalue weighted by Crippen LogP contribution is -2.43. The number of nitrogens with one attached hydrogen (secondary N) is 1. The first-order valence-electron chi connectivity index (χ1n) is 12.2. The van der Waals surface area contributed by atoms with Crippen LogP contribution in [-0.2, 0) is 11.3 Å². The number of ether oxygens (including phenoxy) is 1. The number of thiazole rings is 1. The second-order valence-corrected chi connectivity index (χ2v) is 9.96. The molecule has 0 aliphatic carbocycles. The zero-order valence-electron chi connectivity index (χ0n) is 20.2. The first-order valence-corrected chi connectivity index (χ1v) is 13.1. The number of pyridine rings is 1. The minimum Gasteiger partial charge on any atom is -0.373 e. The third kappa shape index (κ3) is 5.61. The summed E-state index contributed by atoms with van der Waals surface area (Å²) in [5, 5.41) is 4.02. The molecule has 4 aromatic rings. The van der Waals surface area contributed by atoms with Crippen molar-refractivity contribution in [3.63, 3.8) is 0 Å². The molecule has 2 aromatic heterocycles. The molecule has 0 bridgehead atoms. The van der Waals surface area contributed by atoms with Crippen LogP contribution in [0.4, 0.5) is 4.39 Å². The SMILES string of the molecule is Cc1ncsc1C(CNC(=O)c1cccc2ncccc12)N1CCC(OCc2ccc(F)cc2)CC1. The van der Waals surface area contributed by atoms with Crippen molar-refractivity contribution < 1.29 is 13.9 Å². The van der Waals surface area contributed by atoms with Gasteiger partial charge in [-0.2, -0.15) is 0 Å². The molecule has 6 nitrogen and oxygen atoms in total. The van der Waals surface area contributed by atoms with E-state index in [1.54, 1.807) is 29.7 Å².